The smallest absolute Gasteiger partial charge is 0.380 e. The Labute approximate surface area is 128 Å². The molecule has 0 aromatic heterocycles. The Balaban J connectivity index is 1.79. The van der Waals surface area contributed by atoms with Gasteiger partial charge in [-0.25, -0.2) is 4.79 Å². The van der Waals surface area contributed by atoms with Crippen molar-refractivity contribution in [2.24, 2.45) is 0 Å². The van der Waals surface area contributed by atoms with Crippen molar-refractivity contribution in [1.82, 2.24) is 0 Å². The second-order valence-electron chi connectivity index (χ2n) is 4.92. The molecule has 0 radical (unpaired) electrons. The number of fused-ring (bicyclic) bond motifs is 1. The van der Waals surface area contributed by atoms with Crippen LogP contribution in [0.15, 0.2) is 72.8 Å². The molecule has 0 fully saturated rings. The van der Waals surface area contributed by atoms with Gasteiger partial charge in [0, 0.05) is 5.56 Å². The number of hydrogen-bond donors (Lipinski definition) is 0. The number of benzene rings is 3. The fraction of sp³-hybridized carbons (Fsp3) is 0.0526. The van der Waals surface area contributed by atoms with Crippen LogP contribution in [0.2, 0.25) is 0 Å². The fourth-order valence-electron chi connectivity index (χ4n) is 2.32. The van der Waals surface area contributed by atoms with E-state index in [-0.39, 0.29) is 6.61 Å². The fourth-order valence-corrected chi connectivity index (χ4v) is 2.32. The largest absolute Gasteiger partial charge is 0.455 e. The molecule has 0 atom stereocenters. The van der Waals surface area contributed by atoms with Gasteiger partial charge in [0.15, 0.2) is 0 Å². The van der Waals surface area contributed by atoms with Crippen LogP contribution in [0.4, 0.5) is 0 Å². The van der Waals surface area contributed by atoms with E-state index < -0.39 is 11.8 Å². The lowest BCUT2D eigenvalue weighted by atomic mass is 10.0. The van der Waals surface area contributed by atoms with E-state index in [2.05, 4.69) is 0 Å². The van der Waals surface area contributed by atoms with Gasteiger partial charge in [-0.1, -0.05) is 72.8 Å². The molecule has 0 saturated carbocycles. The summed E-state index contributed by atoms with van der Waals surface area (Å²) in [6, 6.07) is 22.1. The van der Waals surface area contributed by atoms with Gasteiger partial charge in [0.2, 0.25) is 0 Å². The highest BCUT2D eigenvalue weighted by atomic mass is 16.5. The van der Waals surface area contributed by atoms with E-state index in [9.17, 15) is 9.59 Å². The predicted octanol–water partition coefficient (Wildman–Crippen LogP) is 3.77. The number of carbonyl (C=O) groups excluding carboxylic acids is 2. The summed E-state index contributed by atoms with van der Waals surface area (Å²) in [6.07, 6.45) is 0. The zero-order chi connectivity index (χ0) is 15.4. The van der Waals surface area contributed by atoms with Crippen molar-refractivity contribution in [3.05, 3.63) is 83.9 Å². The molecule has 3 aromatic rings. The first-order valence-corrected chi connectivity index (χ1v) is 6.99. The highest BCUT2D eigenvalue weighted by molar-refractivity contribution is 6.42. The average molecular weight is 290 g/mol. The molecule has 0 bridgehead atoms. The van der Waals surface area contributed by atoms with Crippen molar-refractivity contribution in [2.45, 2.75) is 6.61 Å². The van der Waals surface area contributed by atoms with Crippen LogP contribution < -0.4 is 0 Å². The number of esters is 1. The number of hydrogen-bond acceptors (Lipinski definition) is 3. The summed E-state index contributed by atoms with van der Waals surface area (Å²) in [7, 11) is 0. The van der Waals surface area contributed by atoms with Crippen LogP contribution in [-0.4, -0.2) is 11.8 Å². The Morgan fingerprint density at radius 1 is 0.773 bits per heavy atom. The van der Waals surface area contributed by atoms with Gasteiger partial charge in [0.05, 0.1) is 0 Å². The standard InChI is InChI=1S/C19H14O3/c20-18(19(21)22-13-14-7-2-1-3-8-14)17-12-6-10-15-9-4-5-11-16(15)17/h1-12H,13H2. The predicted molar refractivity (Wildman–Crippen MR) is 84.5 cm³/mol. The summed E-state index contributed by atoms with van der Waals surface area (Å²) in [6.45, 7) is 0.0934. The number of ether oxygens (including phenoxy) is 1. The van der Waals surface area contributed by atoms with Crippen molar-refractivity contribution in [3.63, 3.8) is 0 Å². The summed E-state index contributed by atoms with van der Waals surface area (Å²) in [5.41, 5.74) is 1.22. The molecule has 0 spiro atoms. The molecule has 0 aliphatic heterocycles. The molecule has 0 aliphatic carbocycles. The Kier molecular flexibility index (Phi) is 3.97. The van der Waals surface area contributed by atoms with Gasteiger partial charge in [-0.3, -0.25) is 4.79 Å². The van der Waals surface area contributed by atoms with E-state index in [0.717, 1.165) is 16.3 Å². The minimum atomic E-state index is -0.833. The van der Waals surface area contributed by atoms with Gasteiger partial charge in [0.25, 0.3) is 5.78 Å². The molecule has 0 aliphatic rings. The molecule has 3 nitrogen and oxygen atoms in total. The summed E-state index contributed by atoms with van der Waals surface area (Å²) in [4.78, 5) is 24.3. The van der Waals surface area contributed by atoms with Crippen molar-refractivity contribution >= 4 is 22.5 Å². The molecule has 3 aromatic carbocycles. The van der Waals surface area contributed by atoms with Gasteiger partial charge in [-0.15, -0.1) is 0 Å². The maximum absolute atomic E-state index is 12.3. The number of Topliss-reactive ketones (excluding diaryl/α,β-unsaturated/α-hetero) is 1. The van der Waals surface area contributed by atoms with Crippen LogP contribution >= 0.6 is 0 Å². The third-order valence-corrected chi connectivity index (χ3v) is 3.43. The Morgan fingerprint density at radius 3 is 2.27 bits per heavy atom. The van der Waals surface area contributed by atoms with E-state index in [4.69, 9.17) is 4.74 Å². The second-order valence-corrected chi connectivity index (χ2v) is 4.92. The van der Waals surface area contributed by atoms with Crippen LogP contribution in [0.3, 0.4) is 0 Å². The lowest BCUT2D eigenvalue weighted by molar-refractivity contribution is -0.139. The lowest BCUT2D eigenvalue weighted by Crippen LogP contribution is -2.17. The van der Waals surface area contributed by atoms with Crippen LogP contribution in [0.1, 0.15) is 15.9 Å². The monoisotopic (exact) mass is 290 g/mol. The van der Waals surface area contributed by atoms with Crippen LogP contribution in [-0.2, 0) is 16.1 Å². The van der Waals surface area contributed by atoms with Crippen LogP contribution in [0, 0.1) is 0 Å². The van der Waals surface area contributed by atoms with Crippen molar-refractivity contribution in [3.8, 4) is 0 Å². The maximum Gasteiger partial charge on any atom is 0.380 e. The highest BCUT2D eigenvalue weighted by Gasteiger charge is 2.20. The van der Waals surface area contributed by atoms with E-state index in [1.807, 2.05) is 60.7 Å². The normalized spacial score (nSPS) is 10.4. The number of rotatable bonds is 4. The van der Waals surface area contributed by atoms with Gasteiger partial charge in [-0.2, -0.15) is 0 Å². The molecular weight excluding hydrogens is 276 g/mol. The van der Waals surface area contributed by atoms with E-state index >= 15 is 0 Å². The molecular formula is C19H14O3. The molecule has 3 rings (SSSR count). The Hall–Kier alpha value is -2.94. The SMILES string of the molecule is O=C(OCc1ccccc1)C(=O)c1cccc2ccccc12. The highest BCUT2D eigenvalue weighted by Crippen LogP contribution is 2.19. The average Bonchev–Trinajstić information content (AvgIpc) is 2.59. The van der Waals surface area contributed by atoms with Crippen LogP contribution in [0.5, 0.6) is 0 Å². The topological polar surface area (TPSA) is 43.4 Å². The molecule has 0 unspecified atom stereocenters. The Bertz CT molecular complexity index is 817. The molecule has 0 saturated heterocycles. The maximum atomic E-state index is 12.3. The number of ketones is 1. The van der Waals surface area contributed by atoms with Gasteiger partial charge in [-0.05, 0) is 16.3 Å². The molecule has 0 amide bonds. The van der Waals surface area contributed by atoms with E-state index in [0.29, 0.717) is 5.56 Å². The minimum absolute atomic E-state index is 0.0934. The van der Waals surface area contributed by atoms with Crippen molar-refractivity contribution in [2.75, 3.05) is 0 Å². The van der Waals surface area contributed by atoms with E-state index in [1.54, 1.807) is 12.1 Å². The van der Waals surface area contributed by atoms with Gasteiger partial charge < -0.3 is 4.74 Å². The molecule has 0 heterocycles. The molecule has 22 heavy (non-hydrogen) atoms. The third kappa shape index (κ3) is 2.88. The van der Waals surface area contributed by atoms with Crippen LogP contribution in [0.25, 0.3) is 10.8 Å². The quantitative estimate of drug-likeness (QED) is 0.417. The van der Waals surface area contributed by atoms with Crippen molar-refractivity contribution in [1.29, 1.82) is 0 Å². The number of carbonyl (C=O) groups is 2. The summed E-state index contributed by atoms with van der Waals surface area (Å²) < 4.78 is 5.10. The molecule has 3 heteroatoms. The van der Waals surface area contributed by atoms with Gasteiger partial charge in [0.1, 0.15) is 6.61 Å². The lowest BCUT2D eigenvalue weighted by Gasteiger charge is -2.06. The zero-order valence-corrected chi connectivity index (χ0v) is 11.9. The first-order chi connectivity index (χ1) is 10.8. The second kappa shape index (κ2) is 6.22. The van der Waals surface area contributed by atoms with E-state index in [1.165, 1.54) is 0 Å². The summed E-state index contributed by atoms with van der Waals surface area (Å²) in [5.74, 6) is -1.45. The molecule has 108 valence electrons. The zero-order valence-electron chi connectivity index (χ0n) is 11.9. The summed E-state index contributed by atoms with van der Waals surface area (Å²) in [5, 5.41) is 1.68. The Morgan fingerprint density at radius 2 is 1.45 bits per heavy atom. The summed E-state index contributed by atoms with van der Waals surface area (Å²) >= 11 is 0. The van der Waals surface area contributed by atoms with Gasteiger partial charge >= 0.3 is 5.97 Å². The third-order valence-electron chi connectivity index (χ3n) is 3.43. The first-order valence-electron chi connectivity index (χ1n) is 6.99. The van der Waals surface area contributed by atoms with Crippen molar-refractivity contribution < 1.29 is 14.3 Å². The minimum Gasteiger partial charge on any atom is -0.455 e. The first kappa shape index (κ1) is 14.0. The molecule has 0 N–H and O–H groups in total.